The van der Waals surface area contributed by atoms with Gasteiger partial charge in [0.25, 0.3) is 0 Å². The van der Waals surface area contributed by atoms with Gasteiger partial charge in [-0.25, -0.2) is 0 Å². The van der Waals surface area contributed by atoms with Crippen molar-refractivity contribution in [3.8, 4) is 11.4 Å². The first kappa shape index (κ1) is 18.0. The van der Waals surface area contributed by atoms with E-state index in [-0.39, 0.29) is 0 Å². The van der Waals surface area contributed by atoms with E-state index < -0.39 is 0 Å². The van der Waals surface area contributed by atoms with E-state index >= 15 is 0 Å². The lowest BCUT2D eigenvalue weighted by Crippen LogP contribution is -3.13. The molecule has 0 saturated heterocycles. The van der Waals surface area contributed by atoms with Crippen molar-refractivity contribution in [1.29, 1.82) is 0 Å². The molecule has 0 radical (unpaired) electrons. The summed E-state index contributed by atoms with van der Waals surface area (Å²) in [5, 5.41) is 7.18. The predicted octanol–water partition coefficient (Wildman–Crippen LogP) is 3.27. The Morgan fingerprint density at radius 1 is 1.36 bits per heavy atom. The molecule has 1 fully saturated rings. The predicted molar refractivity (Wildman–Crippen MR) is 114 cm³/mol. The molecule has 5 rings (SSSR count). The quantitative estimate of drug-likeness (QED) is 0.501. The van der Waals surface area contributed by atoms with E-state index in [9.17, 15) is 0 Å². The van der Waals surface area contributed by atoms with Crippen LogP contribution >= 0.6 is 23.6 Å². The summed E-state index contributed by atoms with van der Waals surface area (Å²) in [6, 6.07) is 6.90. The van der Waals surface area contributed by atoms with Crippen LogP contribution in [0.3, 0.4) is 0 Å². The summed E-state index contributed by atoms with van der Waals surface area (Å²) in [6.45, 7) is 6.51. The molecular formula is C21H24N5S2+. The van der Waals surface area contributed by atoms with Crippen LogP contribution in [0, 0.1) is 10.7 Å². The lowest BCUT2D eigenvalue weighted by atomic mass is 9.96. The third kappa shape index (κ3) is 3.17. The maximum atomic E-state index is 5.81. The van der Waals surface area contributed by atoms with Crippen LogP contribution in [0.25, 0.3) is 11.4 Å². The monoisotopic (exact) mass is 410 g/mol. The summed E-state index contributed by atoms with van der Waals surface area (Å²) < 4.78 is 4.84. The van der Waals surface area contributed by atoms with Crippen molar-refractivity contribution in [1.82, 2.24) is 19.3 Å². The average molecular weight is 411 g/mol. The van der Waals surface area contributed by atoms with Gasteiger partial charge in [-0.05, 0) is 48.6 Å². The molecule has 144 valence electrons. The molecule has 3 aromatic heterocycles. The summed E-state index contributed by atoms with van der Waals surface area (Å²) >= 11 is 7.73. The van der Waals surface area contributed by atoms with E-state index in [1.54, 1.807) is 21.5 Å². The number of pyridine rings is 1. The number of nitrogens with one attached hydrogen (secondary N) is 1. The Bertz CT molecular complexity index is 1040. The second-order valence-electron chi connectivity index (χ2n) is 7.68. The fourth-order valence-electron chi connectivity index (χ4n) is 4.41. The molecule has 7 heteroatoms. The molecule has 2 aliphatic rings. The van der Waals surface area contributed by atoms with Gasteiger partial charge in [-0.2, -0.15) is 4.68 Å². The van der Waals surface area contributed by atoms with E-state index in [1.807, 2.05) is 40.4 Å². The molecular weight excluding hydrogens is 386 g/mol. The maximum Gasteiger partial charge on any atom is 0.203 e. The molecule has 1 aliphatic heterocycles. The summed E-state index contributed by atoms with van der Waals surface area (Å²) in [7, 11) is 0. The van der Waals surface area contributed by atoms with Gasteiger partial charge in [0.2, 0.25) is 4.77 Å². The Morgan fingerprint density at radius 2 is 2.25 bits per heavy atom. The number of hydrogen-bond acceptors (Lipinski definition) is 4. The molecule has 28 heavy (non-hydrogen) atoms. The van der Waals surface area contributed by atoms with Crippen molar-refractivity contribution in [2.24, 2.45) is 5.92 Å². The normalized spacial score (nSPS) is 21.4. The van der Waals surface area contributed by atoms with Crippen LogP contribution in [0.1, 0.15) is 29.3 Å². The molecule has 1 unspecified atom stereocenters. The van der Waals surface area contributed by atoms with Gasteiger partial charge in [-0.15, -0.1) is 23.0 Å². The highest BCUT2D eigenvalue weighted by molar-refractivity contribution is 7.71. The van der Waals surface area contributed by atoms with E-state index in [4.69, 9.17) is 17.3 Å². The van der Waals surface area contributed by atoms with Crippen LogP contribution in [-0.2, 0) is 19.6 Å². The molecule has 1 aliphatic carbocycles. The van der Waals surface area contributed by atoms with Crippen molar-refractivity contribution in [2.75, 3.05) is 6.54 Å². The second kappa shape index (κ2) is 7.39. The molecule has 0 aromatic carbocycles. The zero-order valence-electron chi connectivity index (χ0n) is 15.8. The average Bonchev–Trinajstić information content (AvgIpc) is 3.37. The summed E-state index contributed by atoms with van der Waals surface area (Å²) in [4.78, 5) is 7.42. The minimum atomic E-state index is 0.586. The van der Waals surface area contributed by atoms with Crippen molar-refractivity contribution < 1.29 is 4.90 Å². The summed E-state index contributed by atoms with van der Waals surface area (Å²) in [5.41, 5.74) is 2.56. The first-order valence-electron chi connectivity index (χ1n) is 9.86. The summed E-state index contributed by atoms with van der Waals surface area (Å²) in [5.74, 6) is 1.68. The SMILES string of the molecule is C=CCn1c(-c2cccnc2)nn(C[NH+]2CCc3sccc3[C@@H]2C2CC2)c1=S. The zero-order chi connectivity index (χ0) is 19.1. The minimum Gasteiger partial charge on any atom is -0.310 e. The fraction of sp³-hybridized carbons (Fsp3) is 0.381. The first-order chi connectivity index (χ1) is 13.8. The standard InChI is InChI=1S/C21H23N5S2/c1-2-10-25-20(16-4-3-9-22-13-16)23-26(21(25)27)14-24-11-7-18-17(8-12-28-18)19(24)15-5-6-15/h2-4,8-9,12-13,15,19H,1,5-7,10-11,14H2/p+1/t19-/m0/s1. The second-order valence-corrected chi connectivity index (χ2v) is 9.04. The maximum absolute atomic E-state index is 5.81. The third-order valence-corrected chi connectivity index (χ3v) is 7.26. The van der Waals surface area contributed by atoms with Crippen LogP contribution in [0.4, 0.5) is 0 Å². The Kier molecular flexibility index (Phi) is 4.74. The molecule has 5 nitrogen and oxygen atoms in total. The van der Waals surface area contributed by atoms with Crippen molar-refractivity contribution in [3.05, 3.63) is 63.8 Å². The van der Waals surface area contributed by atoms with Gasteiger partial charge in [0.15, 0.2) is 12.5 Å². The number of thiophene rings is 1. The number of allylic oxidation sites excluding steroid dienone is 1. The Morgan fingerprint density at radius 3 is 3.00 bits per heavy atom. The van der Waals surface area contributed by atoms with Gasteiger partial charge >= 0.3 is 0 Å². The highest BCUT2D eigenvalue weighted by Gasteiger charge is 2.43. The number of quaternary nitrogens is 1. The molecule has 0 spiro atoms. The third-order valence-electron chi connectivity index (χ3n) is 5.83. The van der Waals surface area contributed by atoms with Gasteiger partial charge in [-0.3, -0.25) is 9.55 Å². The highest BCUT2D eigenvalue weighted by Crippen LogP contribution is 2.42. The van der Waals surface area contributed by atoms with Crippen molar-refractivity contribution in [2.45, 2.75) is 38.5 Å². The van der Waals surface area contributed by atoms with Crippen LogP contribution in [0.2, 0.25) is 0 Å². The number of nitrogens with zero attached hydrogens (tertiary/aromatic N) is 4. The number of hydrogen-bond donors (Lipinski definition) is 1. The highest BCUT2D eigenvalue weighted by atomic mass is 32.1. The molecule has 1 saturated carbocycles. The smallest absolute Gasteiger partial charge is 0.203 e. The summed E-state index contributed by atoms with van der Waals surface area (Å²) in [6.07, 6.45) is 9.35. The largest absolute Gasteiger partial charge is 0.310 e. The van der Waals surface area contributed by atoms with Gasteiger partial charge in [0.1, 0.15) is 6.04 Å². The lowest BCUT2D eigenvalue weighted by Gasteiger charge is -2.32. The number of fused-ring (bicyclic) bond motifs is 1. The van der Waals surface area contributed by atoms with Gasteiger partial charge in [-0.1, -0.05) is 6.08 Å². The van der Waals surface area contributed by atoms with Gasteiger partial charge in [0.05, 0.1) is 6.54 Å². The first-order valence-corrected chi connectivity index (χ1v) is 11.1. The van der Waals surface area contributed by atoms with Crippen LogP contribution in [0.15, 0.2) is 48.6 Å². The van der Waals surface area contributed by atoms with E-state index in [1.165, 1.54) is 12.8 Å². The van der Waals surface area contributed by atoms with Gasteiger partial charge < -0.3 is 4.90 Å². The van der Waals surface area contributed by atoms with E-state index in [0.29, 0.717) is 12.6 Å². The van der Waals surface area contributed by atoms with E-state index in [0.717, 1.165) is 41.7 Å². The van der Waals surface area contributed by atoms with Crippen LogP contribution in [-0.4, -0.2) is 25.9 Å². The van der Waals surface area contributed by atoms with Crippen LogP contribution in [0.5, 0.6) is 0 Å². The number of rotatable bonds is 6. The van der Waals surface area contributed by atoms with Crippen LogP contribution < -0.4 is 4.90 Å². The Hall–Kier alpha value is -2.09. The molecule has 4 heterocycles. The lowest BCUT2D eigenvalue weighted by molar-refractivity contribution is -0.958. The molecule has 2 atom stereocenters. The fourth-order valence-corrected chi connectivity index (χ4v) is 5.61. The molecule has 1 N–H and O–H groups in total. The van der Waals surface area contributed by atoms with E-state index in [2.05, 4.69) is 27.6 Å². The molecule has 0 bridgehead atoms. The van der Waals surface area contributed by atoms with Crippen molar-refractivity contribution in [3.63, 3.8) is 0 Å². The topological polar surface area (TPSA) is 40.1 Å². The Labute approximate surface area is 174 Å². The molecule has 3 aromatic rings. The zero-order valence-corrected chi connectivity index (χ0v) is 17.4. The Balaban J connectivity index is 1.50. The van der Waals surface area contributed by atoms with Gasteiger partial charge in [0, 0.05) is 47.3 Å². The number of aromatic nitrogens is 4. The minimum absolute atomic E-state index is 0.586. The molecule has 0 amide bonds. The van der Waals surface area contributed by atoms with Crippen molar-refractivity contribution >= 4 is 23.6 Å².